The molecule has 100 valence electrons. The van der Waals surface area contributed by atoms with Crippen molar-refractivity contribution >= 4 is 17.7 Å². The van der Waals surface area contributed by atoms with Crippen LogP contribution in [0.15, 0.2) is 12.2 Å². The number of hydrogen-bond acceptors (Lipinski definition) is 3. The van der Waals surface area contributed by atoms with E-state index in [1.165, 1.54) is 0 Å². The molecule has 0 bridgehead atoms. The van der Waals surface area contributed by atoms with Crippen LogP contribution in [0.4, 0.5) is 0 Å². The van der Waals surface area contributed by atoms with Gasteiger partial charge in [0, 0.05) is 37.6 Å². The maximum Gasteiger partial charge on any atom is 0.226 e. The number of ether oxygens (including phenoxy) is 1. The van der Waals surface area contributed by atoms with Crippen LogP contribution in [0, 0.1) is 5.92 Å². The zero-order valence-corrected chi connectivity index (χ0v) is 11.6. The number of hydrogen-bond donors (Lipinski definition) is 0. The molecule has 2 saturated heterocycles. The van der Waals surface area contributed by atoms with Gasteiger partial charge < -0.3 is 9.64 Å². The number of carbonyl (C=O) groups is 1. The second-order valence-electron chi connectivity index (χ2n) is 5.41. The van der Waals surface area contributed by atoms with E-state index in [4.69, 9.17) is 4.74 Å². The predicted molar refractivity (Wildman–Crippen MR) is 73.4 cm³/mol. The van der Waals surface area contributed by atoms with Crippen LogP contribution in [0.3, 0.4) is 0 Å². The Balaban J connectivity index is 1.55. The molecular formula is C14H21NO2S. The van der Waals surface area contributed by atoms with E-state index in [0.717, 1.165) is 57.6 Å². The number of amides is 1. The summed E-state index contributed by atoms with van der Waals surface area (Å²) in [4.78, 5) is 14.5. The summed E-state index contributed by atoms with van der Waals surface area (Å²) in [6, 6.07) is 0. The summed E-state index contributed by atoms with van der Waals surface area (Å²) < 4.78 is 5.87. The first-order chi connectivity index (χ1) is 8.79. The number of rotatable bonds is 1. The molecular weight excluding hydrogens is 246 g/mol. The van der Waals surface area contributed by atoms with Crippen molar-refractivity contribution in [1.29, 1.82) is 0 Å². The third-order valence-electron chi connectivity index (χ3n) is 4.27. The monoisotopic (exact) mass is 267 g/mol. The Hall–Kier alpha value is -0.480. The molecule has 0 aromatic heterocycles. The molecule has 2 heterocycles. The summed E-state index contributed by atoms with van der Waals surface area (Å²) >= 11 is 1.94. The van der Waals surface area contributed by atoms with Gasteiger partial charge in [-0.15, -0.1) is 11.8 Å². The van der Waals surface area contributed by atoms with Gasteiger partial charge in [-0.2, -0.15) is 0 Å². The van der Waals surface area contributed by atoms with Crippen molar-refractivity contribution < 1.29 is 9.53 Å². The largest absolute Gasteiger partial charge is 0.363 e. The standard InChI is InChI=1S/C14H21NO2S/c16-13(12-4-2-1-3-5-12)15-8-6-14(7-9-15)17-10-11-18-14/h1-2,12H,3-11H2/t12-/m1/s1. The number of allylic oxidation sites excluding steroid dienone is 2. The lowest BCUT2D eigenvalue weighted by atomic mass is 9.92. The fourth-order valence-electron chi connectivity index (χ4n) is 3.13. The van der Waals surface area contributed by atoms with Gasteiger partial charge in [-0.1, -0.05) is 12.2 Å². The fraction of sp³-hybridized carbons (Fsp3) is 0.786. The molecule has 0 aromatic rings. The Morgan fingerprint density at radius 1 is 1.33 bits per heavy atom. The lowest BCUT2D eigenvalue weighted by Gasteiger charge is -2.39. The number of carbonyl (C=O) groups excluding carboxylic acids is 1. The minimum atomic E-state index is 0.0449. The normalized spacial score (nSPS) is 30.9. The summed E-state index contributed by atoms with van der Waals surface area (Å²) in [5, 5.41) is 0. The molecule has 1 atom stereocenters. The Bertz CT molecular complexity index is 340. The molecule has 0 radical (unpaired) electrons. The summed E-state index contributed by atoms with van der Waals surface area (Å²) in [7, 11) is 0. The van der Waals surface area contributed by atoms with E-state index in [1.54, 1.807) is 0 Å². The first kappa shape index (κ1) is 12.5. The highest BCUT2D eigenvalue weighted by molar-refractivity contribution is 8.00. The highest BCUT2D eigenvalue weighted by Gasteiger charge is 2.40. The summed E-state index contributed by atoms with van der Waals surface area (Å²) in [6.45, 7) is 2.64. The summed E-state index contributed by atoms with van der Waals surface area (Å²) in [6.07, 6.45) is 9.39. The van der Waals surface area contributed by atoms with Crippen LogP contribution in [0.1, 0.15) is 32.1 Å². The molecule has 1 aliphatic carbocycles. The lowest BCUT2D eigenvalue weighted by molar-refractivity contribution is -0.138. The maximum absolute atomic E-state index is 12.4. The third kappa shape index (κ3) is 2.45. The Kier molecular flexibility index (Phi) is 3.66. The molecule has 2 fully saturated rings. The topological polar surface area (TPSA) is 29.5 Å². The molecule has 18 heavy (non-hydrogen) atoms. The molecule has 0 aromatic carbocycles. The fourth-order valence-corrected chi connectivity index (χ4v) is 4.31. The first-order valence-corrected chi connectivity index (χ1v) is 7.99. The van der Waals surface area contributed by atoms with Gasteiger partial charge in [0.05, 0.1) is 6.61 Å². The molecule has 0 unspecified atom stereocenters. The van der Waals surface area contributed by atoms with Crippen LogP contribution < -0.4 is 0 Å². The summed E-state index contributed by atoms with van der Waals surface area (Å²) in [5.41, 5.74) is 0. The zero-order chi connectivity index (χ0) is 12.4. The van der Waals surface area contributed by atoms with Crippen molar-refractivity contribution in [3.05, 3.63) is 12.2 Å². The predicted octanol–water partition coefficient (Wildman–Crippen LogP) is 2.42. The number of likely N-dealkylation sites (tertiary alicyclic amines) is 1. The van der Waals surface area contributed by atoms with Gasteiger partial charge in [-0.3, -0.25) is 4.79 Å². The van der Waals surface area contributed by atoms with Crippen molar-refractivity contribution in [2.75, 3.05) is 25.4 Å². The van der Waals surface area contributed by atoms with Crippen LogP contribution in [0.2, 0.25) is 0 Å². The molecule has 1 amide bonds. The number of nitrogens with zero attached hydrogens (tertiary/aromatic N) is 1. The van der Waals surface area contributed by atoms with Crippen molar-refractivity contribution in [1.82, 2.24) is 4.90 Å². The van der Waals surface area contributed by atoms with Crippen LogP contribution in [-0.2, 0) is 9.53 Å². The van der Waals surface area contributed by atoms with E-state index < -0.39 is 0 Å². The molecule has 3 aliphatic rings. The Morgan fingerprint density at radius 3 is 2.78 bits per heavy atom. The van der Waals surface area contributed by atoms with E-state index in [-0.39, 0.29) is 10.9 Å². The highest BCUT2D eigenvalue weighted by atomic mass is 32.2. The lowest BCUT2D eigenvalue weighted by Crippen LogP contribution is -2.47. The summed E-state index contributed by atoms with van der Waals surface area (Å²) in [5.74, 6) is 1.72. The van der Waals surface area contributed by atoms with Gasteiger partial charge in [0.15, 0.2) is 0 Å². The van der Waals surface area contributed by atoms with Crippen molar-refractivity contribution in [2.24, 2.45) is 5.92 Å². The Morgan fingerprint density at radius 2 is 2.17 bits per heavy atom. The maximum atomic E-state index is 12.4. The van der Waals surface area contributed by atoms with Gasteiger partial charge in [-0.05, 0) is 19.3 Å². The van der Waals surface area contributed by atoms with Crippen LogP contribution >= 0.6 is 11.8 Å². The van der Waals surface area contributed by atoms with Crippen molar-refractivity contribution in [3.63, 3.8) is 0 Å². The average Bonchev–Trinajstić information content (AvgIpc) is 2.88. The molecule has 3 rings (SSSR count). The number of piperidine rings is 1. The second-order valence-corrected chi connectivity index (χ2v) is 6.86. The minimum Gasteiger partial charge on any atom is -0.363 e. The van der Waals surface area contributed by atoms with Crippen LogP contribution in [0.5, 0.6) is 0 Å². The van der Waals surface area contributed by atoms with E-state index in [2.05, 4.69) is 17.1 Å². The van der Waals surface area contributed by atoms with E-state index in [1.807, 2.05) is 11.8 Å². The van der Waals surface area contributed by atoms with E-state index >= 15 is 0 Å². The molecule has 2 aliphatic heterocycles. The SMILES string of the molecule is O=C([C@@H]1CC=CCC1)N1CCC2(CC1)OCCS2. The molecule has 1 spiro atoms. The van der Waals surface area contributed by atoms with Gasteiger partial charge in [0.2, 0.25) is 5.91 Å². The van der Waals surface area contributed by atoms with Gasteiger partial charge in [0.25, 0.3) is 0 Å². The minimum absolute atomic E-state index is 0.0449. The molecule has 0 saturated carbocycles. The van der Waals surface area contributed by atoms with Gasteiger partial charge in [-0.25, -0.2) is 0 Å². The molecule has 0 N–H and O–H groups in total. The van der Waals surface area contributed by atoms with Crippen LogP contribution in [-0.4, -0.2) is 41.2 Å². The number of thioether (sulfide) groups is 1. The molecule has 4 heteroatoms. The quantitative estimate of drug-likeness (QED) is 0.683. The first-order valence-electron chi connectivity index (χ1n) is 7.01. The van der Waals surface area contributed by atoms with Crippen molar-refractivity contribution in [2.45, 2.75) is 37.0 Å². The zero-order valence-electron chi connectivity index (χ0n) is 10.8. The van der Waals surface area contributed by atoms with Gasteiger partial charge in [0.1, 0.15) is 4.93 Å². The Labute approximate surface area is 113 Å². The van der Waals surface area contributed by atoms with Crippen LogP contribution in [0.25, 0.3) is 0 Å². The second kappa shape index (κ2) is 5.25. The highest BCUT2D eigenvalue weighted by Crippen LogP contribution is 2.41. The average molecular weight is 267 g/mol. The third-order valence-corrected chi connectivity index (χ3v) is 5.69. The molecule has 3 nitrogen and oxygen atoms in total. The van der Waals surface area contributed by atoms with E-state index in [0.29, 0.717) is 5.91 Å². The smallest absolute Gasteiger partial charge is 0.226 e. The van der Waals surface area contributed by atoms with Crippen molar-refractivity contribution in [3.8, 4) is 0 Å². The van der Waals surface area contributed by atoms with E-state index in [9.17, 15) is 4.79 Å². The van der Waals surface area contributed by atoms with Gasteiger partial charge >= 0.3 is 0 Å².